The predicted molar refractivity (Wildman–Crippen MR) is 108 cm³/mol. The number of nitrogens with two attached hydrogens (primary N) is 1. The number of anilines is 1. The first-order chi connectivity index (χ1) is 13.4. The predicted octanol–water partition coefficient (Wildman–Crippen LogP) is 3.12. The number of pyridine rings is 1. The molecular formula is C21H23N3O4. The third kappa shape index (κ3) is 4.25. The van der Waals surface area contributed by atoms with Gasteiger partial charge in [0.05, 0.1) is 16.9 Å². The molecular weight excluding hydrogens is 358 g/mol. The molecule has 7 heteroatoms. The van der Waals surface area contributed by atoms with Gasteiger partial charge in [-0.15, -0.1) is 0 Å². The number of ether oxygens (including phenoxy) is 1. The van der Waals surface area contributed by atoms with E-state index in [1.807, 2.05) is 32.0 Å². The van der Waals surface area contributed by atoms with Crippen LogP contribution in [-0.4, -0.2) is 33.8 Å². The quantitative estimate of drug-likeness (QED) is 0.521. The molecule has 0 fully saturated rings. The molecule has 3 aromatic rings. The van der Waals surface area contributed by atoms with Crippen LogP contribution in [0.4, 0.5) is 5.69 Å². The summed E-state index contributed by atoms with van der Waals surface area (Å²) in [6.07, 6.45) is 0.633. The molecule has 1 amide bonds. The summed E-state index contributed by atoms with van der Waals surface area (Å²) in [6.45, 7) is 4.04. The molecule has 5 N–H and O–H groups in total. The number of carbonyl (C=O) groups excluding carboxylic acids is 1. The highest BCUT2D eigenvalue weighted by Crippen LogP contribution is 2.30. The van der Waals surface area contributed by atoms with Gasteiger partial charge in [0.2, 0.25) is 0 Å². The van der Waals surface area contributed by atoms with Crippen LogP contribution in [0.2, 0.25) is 0 Å². The van der Waals surface area contributed by atoms with E-state index in [4.69, 9.17) is 10.5 Å². The topological polar surface area (TPSA) is 118 Å². The second-order valence-electron chi connectivity index (χ2n) is 6.63. The molecule has 1 atom stereocenters. The number of carbonyl (C=O) groups is 1. The van der Waals surface area contributed by atoms with Crippen LogP contribution in [0.5, 0.6) is 17.2 Å². The number of phenols is 2. The third-order valence-electron chi connectivity index (χ3n) is 4.39. The Kier molecular flexibility index (Phi) is 5.54. The van der Waals surface area contributed by atoms with Gasteiger partial charge in [0.1, 0.15) is 23.9 Å². The van der Waals surface area contributed by atoms with E-state index in [9.17, 15) is 15.0 Å². The first kappa shape index (κ1) is 19.3. The Hall–Kier alpha value is -3.48. The van der Waals surface area contributed by atoms with E-state index < -0.39 is 5.91 Å². The van der Waals surface area contributed by atoms with Crippen LogP contribution in [0.15, 0.2) is 42.5 Å². The fourth-order valence-electron chi connectivity index (χ4n) is 2.99. The Bertz CT molecular complexity index is 1000. The van der Waals surface area contributed by atoms with Crippen molar-refractivity contribution in [2.45, 2.75) is 26.3 Å². The maximum absolute atomic E-state index is 12.4. The number of rotatable bonds is 6. The van der Waals surface area contributed by atoms with Gasteiger partial charge in [-0.2, -0.15) is 0 Å². The van der Waals surface area contributed by atoms with Crippen LogP contribution < -0.4 is 15.8 Å². The lowest BCUT2D eigenvalue weighted by molar-refractivity contribution is 0.0919. The molecule has 1 aromatic heterocycles. The van der Waals surface area contributed by atoms with Gasteiger partial charge in [0.15, 0.2) is 0 Å². The van der Waals surface area contributed by atoms with Crippen molar-refractivity contribution in [2.75, 3.05) is 12.3 Å². The number of phenolic OH excluding ortho intramolecular Hbond substituents is 2. The molecule has 0 spiro atoms. The second-order valence-corrected chi connectivity index (χ2v) is 6.63. The molecule has 0 bridgehead atoms. The van der Waals surface area contributed by atoms with E-state index in [1.165, 1.54) is 12.1 Å². The lowest BCUT2D eigenvalue weighted by Crippen LogP contribution is -2.38. The first-order valence-electron chi connectivity index (χ1n) is 9.00. The van der Waals surface area contributed by atoms with Gasteiger partial charge >= 0.3 is 0 Å². The maximum atomic E-state index is 12.4. The normalized spacial score (nSPS) is 11.9. The number of nitrogens with one attached hydrogen (secondary N) is 1. The number of hydrogen-bond acceptors (Lipinski definition) is 6. The zero-order valence-electron chi connectivity index (χ0n) is 15.8. The third-order valence-corrected chi connectivity index (χ3v) is 4.39. The fraction of sp³-hybridized carbons (Fsp3) is 0.238. The van der Waals surface area contributed by atoms with Crippen LogP contribution in [0.25, 0.3) is 10.9 Å². The lowest BCUT2D eigenvalue weighted by Gasteiger charge is -2.19. The Balaban J connectivity index is 1.74. The van der Waals surface area contributed by atoms with Gasteiger partial charge in [-0.3, -0.25) is 9.78 Å². The minimum absolute atomic E-state index is 0.171. The number of benzene rings is 2. The van der Waals surface area contributed by atoms with E-state index in [0.717, 1.165) is 22.7 Å². The van der Waals surface area contributed by atoms with Crippen molar-refractivity contribution in [2.24, 2.45) is 0 Å². The summed E-state index contributed by atoms with van der Waals surface area (Å²) in [5.74, 6) is -0.159. The molecule has 3 rings (SSSR count). The molecule has 0 radical (unpaired) electrons. The van der Waals surface area contributed by atoms with Crippen LogP contribution in [0.1, 0.15) is 29.4 Å². The van der Waals surface area contributed by atoms with E-state index in [1.54, 1.807) is 6.07 Å². The molecule has 146 valence electrons. The van der Waals surface area contributed by atoms with E-state index >= 15 is 0 Å². The van der Waals surface area contributed by atoms with Crippen LogP contribution in [0, 0.1) is 6.92 Å². The standard InChI is InChI=1S/C21H23N3O4/c1-3-14(24-21(27)13-8-15(25)10-16(26)9-13)11-28-19-6-4-5-18-20(19)17(22)7-12(2)23-18/h4-10,14,25-26H,3,11H2,1-2H3,(H2,22,23)(H,24,27). The largest absolute Gasteiger partial charge is 0.508 e. The van der Waals surface area contributed by atoms with Gasteiger partial charge in [-0.05, 0) is 43.7 Å². The van der Waals surface area contributed by atoms with Crippen molar-refractivity contribution in [3.8, 4) is 17.2 Å². The van der Waals surface area contributed by atoms with E-state index in [-0.39, 0.29) is 29.7 Å². The molecule has 7 nitrogen and oxygen atoms in total. The number of nitrogens with zero attached hydrogens (tertiary/aromatic N) is 1. The summed E-state index contributed by atoms with van der Waals surface area (Å²) in [6, 6.07) is 10.8. The van der Waals surface area contributed by atoms with E-state index in [2.05, 4.69) is 10.3 Å². The SMILES string of the molecule is CCC(COc1cccc2nc(C)cc(N)c12)NC(=O)c1cc(O)cc(O)c1. The molecule has 0 aliphatic rings. The number of amides is 1. The fourth-order valence-corrected chi connectivity index (χ4v) is 2.99. The Morgan fingerprint density at radius 3 is 2.61 bits per heavy atom. The highest BCUT2D eigenvalue weighted by atomic mass is 16.5. The Labute approximate surface area is 162 Å². The average molecular weight is 381 g/mol. The number of hydrogen-bond donors (Lipinski definition) is 4. The summed E-state index contributed by atoms with van der Waals surface area (Å²) < 4.78 is 5.94. The average Bonchev–Trinajstić information content (AvgIpc) is 2.63. The van der Waals surface area contributed by atoms with Crippen molar-refractivity contribution in [1.29, 1.82) is 0 Å². The zero-order chi connectivity index (χ0) is 20.3. The van der Waals surface area contributed by atoms with Crippen molar-refractivity contribution in [3.63, 3.8) is 0 Å². The summed E-state index contributed by atoms with van der Waals surface area (Å²) in [5, 5.41) is 22.7. The van der Waals surface area contributed by atoms with Gasteiger partial charge in [0.25, 0.3) is 5.91 Å². The number of nitrogen functional groups attached to an aromatic ring is 1. The van der Waals surface area contributed by atoms with Crippen LogP contribution in [0.3, 0.4) is 0 Å². The Morgan fingerprint density at radius 2 is 1.93 bits per heavy atom. The highest BCUT2D eigenvalue weighted by Gasteiger charge is 2.16. The molecule has 2 aromatic carbocycles. The van der Waals surface area contributed by atoms with Gasteiger partial charge in [-0.25, -0.2) is 0 Å². The van der Waals surface area contributed by atoms with Crippen LogP contribution >= 0.6 is 0 Å². The molecule has 0 saturated heterocycles. The molecule has 1 heterocycles. The second kappa shape index (κ2) is 8.04. The molecule has 0 aliphatic carbocycles. The van der Waals surface area contributed by atoms with Crippen molar-refractivity contribution >= 4 is 22.5 Å². The molecule has 0 saturated carbocycles. The maximum Gasteiger partial charge on any atom is 0.251 e. The highest BCUT2D eigenvalue weighted by molar-refractivity contribution is 5.96. The molecule has 0 aliphatic heterocycles. The minimum atomic E-state index is -0.406. The first-order valence-corrected chi connectivity index (χ1v) is 9.00. The number of fused-ring (bicyclic) bond motifs is 1. The summed E-state index contributed by atoms with van der Waals surface area (Å²) in [7, 11) is 0. The number of aryl methyl sites for hydroxylation is 1. The minimum Gasteiger partial charge on any atom is -0.508 e. The summed E-state index contributed by atoms with van der Waals surface area (Å²) in [5.41, 5.74) is 8.49. The van der Waals surface area contributed by atoms with Crippen molar-refractivity contribution in [3.05, 3.63) is 53.7 Å². The van der Waals surface area contributed by atoms with E-state index in [0.29, 0.717) is 17.9 Å². The molecule has 28 heavy (non-hydrogen) atoms. The smallest absolute Gasteiger partial charge is 0.251 e. The monoisotopic (exact) mass is 381 g/mol. The zero-order valence-corrected chi connectivity index (χ0v) is 15.8. The summed E-state index contributed by atoms with van der Waals surface area (Å²) in [4.78, 5) is 16.9. The van der Waals surface area contributed by atoms with Crippen molar-refractivity contribution in [1.82, 2.24) is 10.3 Å². The number of aromatic nitrogens is 1. The van der Waals surface area contributed by atoms with Crippen LogP contribution in [-0.2, 0) is 0 Å². The molecule has 1 unspecified atom stereocenters. The Morgan fingerprint density at radius 1 is 1.21 bits per heavy atom. The van der Waals surface area contributed by atoms with Gasteiger partial charge in [0, 0.05) is 23.0 Å². The number of aromatic hydroxyl groups is 2. The van der Waals surface area contributed by atoms with Gasteiger partial charge < -0.3 is 26.0 Å². The summed E-state index contributed by atoms with van der Waals surface area (Å²) >= 11 is 0. The van der Waals surface area contributed by atoms with Gasteiger partial charge in [-0.1, -0.05) is 13.0 Å². The lowest BCUT2D eigenvalue weighted by atomic mass is 10.1. The van der Waals surface area contributed by atoms with Crippen molar-refractivity contribution < 1.29 is 19.7 Å².